The quantitative estimate of drug-likeness (QED) is 0.775. The number of halogens is 1. The first-order valence-electron chi connectivity index (χ1n) is 5.04. The summed E-state index contributed by atoms with van der Waals surface area (Å²) in [5.41, 5.74) is 6.57. The van der Waals surface area contributed by atoms with Crippen LogP contribution in [-0.2, 0) is 0 Å². The summed E-state index contributed by atoms with van der Waals surface area (Å²) >= 11 is 3.46. The molecule has 0 saturated heterocycles. The third-order valence-electron chi connectivity index (χ3n) is 1.94. The van der Waals surface area contributed by atoms with Crippen LogP contribution in [0.1, 0.15) is 5.56 Å². The van der Waals surface area contributed by atoms with Crippen LogP contribution < -0.4 is 15.8 Å². The van der Waals surface area contributed by atoms with Crippen LogP contribution >= 0.6 is 15.9 Å². The maximum atomic E-state index is 5.59. The minimum Gasteiger partial charge on any atom is -0.491 e. The van der Waals surface area contributed by atoms with Gasteiger partial charge in [-0.3, -0.25) is 0 Å². The topological polar surface area (TPSA) is 47.3 Å². The van der Waals surface area contributed by atoms with Gasteiger partial charge in [0.15, 0.2) is 0 Å². The van der Waals surface area contributed by atoms with E-state index in [0.717, 1.165) is 23.3 Å². The van der Waals surface area contributed by atoms with E-state index < -0.39 is 0 Å². The summed E-state index contributed by atoms with van der Waals surface area (Å²) < 4.78 is 6.59. The van der Waals surface area contributed by atoms with E-state index in [4.69, 9.17) is 10.5 Å². The third kappa shape index (κ3) is 4.64. The van der Waals surface area contributed by atoms with E-state index in [0.29, 0.717) is 13.2 Å². The molecular weight excluding hydrogens is 256 g/mol. The summed E-state index contributed by atoms with van der Waals surface area (Å²) in [7, 11) is 0. The molecule has 0 aromatic heterocycles. The van der Waals surface area contributed by atoms with Gasteiger partial charge in [0.2, 0.25) is 0 Å². The minimum absolute atomic E-state index is 0.654. The Bertz CT molecular complexity index is 305. The van der Waals surface area contributed by atoms with Crippen molar-refractivity contribution in [2.75, 3.05) is 26.2 Å². The van der Waals surface area contributed by atoms with Crippen molar-refractivity contribution in [1.29, 1.82) is 0 Å². The highest BCUT2D eigenvalue weighted by Crippen LogP contribution is 2.25. The molecule has 0 radical (unpaired) electrons. The Kier molecular flexibility index (Phi) is 5.68. The smallest absolute Gasteiger partial charge is 0.133 e. The molecule has 15 heavy (non-hydrogen) atoms. The SMILES string of the molecule is Cc1ccc(OCCNCCN)c(Br)c1. The van der Waals surface area contributed by atoms with Gasteiger partial charge >= 0.3 is 0 Å². The summed E-state index contributed by atoms with van der Waals surface area (Å²) in [5.74, 6) is 0.884. The predicted octanol–water partition coefficient (Wildman–Crippen LogP) is 1.68. The van der Waals surface area contributed by atoms with Gasteiger partial charge in [-0.1, -0.05) is 6.07 Å². The molecule has 1 aromatic carbocycles. The van der Waals surface area contributed by atoms with E-state index in [-0.39, 0.29) is 0 Å². The minimum atomic E-state index is 0.654. The maximum absolute atomic E-state index is 5.59. The summed E-state index contributed by atoms with van der Waals surface area (Å²) in [5, 5.41) is 3.17. The molecule has 0 aliphatic rings. The van der Waals surface area contributed by atoms with Crippen LogP contribution in [0.4, 0.5) is 0 Å². The highest BCUT2D eigenvalue weighted by atomic mass is 79.9. The fourth-order valence-electron chi connectivity index (χ4n) is 1.18. The Morgan fingerprint density at radius 1 is 1.40 bits per heavy atom. The van der Waals surface area contributed by atoms with Crippen molar-refractivity contribution in [2.45, 2.75) is 6.92 Å². The van der Waals surface area contributed by atoms with Gasteiger partial charge in [0.1, 0.15) is 12.4 Å². The van der Waals surface area contributed by atoms with E-state index >= 15 is 0 Å². The molecule has 0 aliphatic carbocycles. The summed E-state index contributed by atoms with van der Waals surface area (Å²) in [4.78, 5) is 0. The van der Waals surface area contributed by atoms with E-state index in [1.807, 2.05) is 18.2 Å². The van der Waals surface area contributed by atoms with E-state index in [1.54, 1.807) is 0 Å². The Labute approximate surface area is 99.1 Å². The number of ether oxygens (including phenoxy) is 1. The van der Waals surface area contributed by atoms with Crippen LogP contribution in [0.3, 0.4) is 0 Å². The van der Waals surface area contributed by atoms with Crippen LogP contribution in [0, 0.1) is 6.92 Å². The summed E-state index contributed by atoms with van der Waals surface area (Å²) in [6.45, 7) is 5.02. The molecule has 1 aromatic rings. The molecule has 0 amide bonds. The lowest BCUT2D eigenvalue weighted by molar-refractivity contribution is 0.313. The maximum Gasteiger partial charge on any atom is 0.133 e. The van der Waals surface area contributed by atoms with Gasteiger partial charge in [-0.15, -0.1) is 0 Å². The van der Waals surface area contributed by atoms with Crippen LogP contribution in [0.25, 0.3) is 0 Å². The molecule has 0 spiro atoms. The molecule has 0 unspecified atom stereocenters. The second-order valence-electron chi connectivity index (χ2n) is 3.32. The van der Waals surface area contributed by atoms with Crippen LogP contribution in [0.5, 0.6) is 5.75 Å². The Morgan fingerprint density at radius 3 is 2.87 bits per heavy atom. The standard InChI is InChI=1S/C11H17BrN2O/c1-9-2-3-11(10(12)8-9)15-7-6-14-5-4-13/h2-3,8,14H,4-7,13H2,1H3. The van der Waals surface area contributed by atoms with E-state index in [2.05, 4.69) is 28.2 Å². The Hall–Kier alpha value is -0.580. The Morgan fingerprint density at radius 2 is 2.20 bits per heavy atom. The van der Waals surface area contributed by atoms with Crippen molar-refractivity contribution in [3.05, 3.63) is 28.2 Å². The molecule has 3 N–H and O–H groups in total. The largest absolute Gasteiger partial charge is 0.491 e. The molecule has 4 heteroatoms. The van der Waals surface area contributed by atoms with Crippen LogP contribution in [-0.4, -0.2) is 26.2 Å². The average Bonchev–Trinajstić information content (AvgIpc) is 2.20. The van der Waals surface area contributed by atoms with E-state index in [1.165, 1.54) is 5.56 Å². The second-order valence-corrected chi connectivity index (χ2v) is 4.18. The van der Waals surface area contributed by atoms with Gasteiger partial charge in [-0.05, 0) is 40.5 Å². The number of hydrogen-bond donors (Lipinski definition) is 2. The fourth-order valence-corrected chi connectivity index (χ4v) is 1.79. The lowest BCUT2D eigenvalue weighted by atomic mass is 10.2. The van der Waals surface area contributed by atoms with Gasteiger partial charge in [0.05, 0.1) is 4.47 Å². The van der Waals surface area contributed by atoms with Gasteiger partial charge in [-0.25, -0.2) is 0 Å². The highest BCUT2D eigenvalue weighted by molar-refractivity contribution is 9.10. The monoisotopic (exact) mass is 272 g/mol. The number of rotatable bonds is 6. The molecule has 0 heterocycles. The average molecular weight is 273 g/mol. The number of benzene rings is 1. The number of aryl methyl sites for hydroxylation is 1. The lowest BCUT2D eigenvalue weighted by Crippen LogP contribution is -2.26. The van der Waals surface area contributed by atoms with Gasteiger partial charge < -0.3 is 15.8 Å². The number of hydrogen-bond acceptors (Lipinski definition) is 3. The lowest BCUT2D eigenvalue weighted by Gasteiger charge is -2.09. The normalized spacial score (nSPS) is 10.3. The first kappa shape index (κ1) is 12.5. The molecule has 0 bridgehead atoms. The third-order valence-corrected chi connectivity index (χ3v) is 2.56. The van der Waals surface area contributed by atoms with Crippen LogP contribution in [0.15, 0.2) is 22.7 Å². The van der Waals surface area contributed by atoms with E-state index in [9.17, 15) is 0 Å². The molecule has 0 saturated carbocycles. The molecule has 3 nitrogen and oxygen atoms in total. The van der Waals surface area contributed by atoms with Crippen molar-refractivity contribution < 1.29 is 4.74 Å². The molecular formula is C11H17BrN2O. The van der Waals surface area contributed by atoms with Gasteiger partial charge in [0, 0.05) is 19.6 Å². The zero-order valence-corrected chi connectivity index (χ0v) is 10.5. The zero-order chi connectivity index (χ0) is 11.1. The molecule has 1 rings (SSSR count). The second kappa shape index (κ2) is 6.82. The zero-order valence-electron chi connectivity index (χ0n) is 8.92. The van der Waals surface area contributed by atoms with Crippen molar-refractivity contribution in [3.8, 4) is 5.75 Å². The molecule has 0 aliphatic heterocycles. The predicted molar refractivity (Wildman–Crippen MR) is 66.3 cm³/mol. The molecule has 0 atom stereocenters. The van der Waals surface area contributed by atoms with Gasteiger partial charge in [0.25, 0.3) is 0 Å². The van der Waals surface area contributed by atoms with Crippen molar-refractivity contribution in [1.82, 2.24) is 5.32 Å². The first-order valence-corrected chi connectivity index (χ1v) is 5.83. The summed E-state index contributed by atoms with van der Waals surface area (Å²) in [6.07, 6.45) is 0. The molecule has 0 fully saturated rings. The van der Waals surface area contributed by atoms with Crippen molar-refractivity contribution in [2.24, 2.45) is 5.73 Å². The van der Waals surface area contributed by atoms with Crippen molar-refractivity contribution in [3.63, 3.8) is 0 Å². The molecule has 84 valence electrons. The van der Waals surface area contributed by atoms with Crippen LogP contribution in [0.2, 0.25) is 0 Å². The van der Waals surface area contributed by atoms with Crippen molar-refractivity contribution >= 4 is 15.9 Å². The first-order chi connectivity index (χ1) is 7.24. The fraction of sp³-hybridized carbons (Fsp3) is 0.455. The number of nitrogens with two attached hydrogens (primary N) is 1. The Balaban J connectivity index is 2.31. The summed E-state index contributed by atoms with van der Waals surface area (Å²) in [6, 6.07) is 6.05. The number of nitrogens with one attached hydrogen (secondary N) is 1. The van der Waals surface area contributed by atoms with Gasteiger partial charge in [-0.2, -0.15) is 0 Å². The highest BCUT2D eigenvalue weighted by Gasteiger charge is 1.99.